The van der Waals surface area contributed by atoms with Crippen LogP contribution in [-0.4, -0.2) is 16.9 Å². The molecule has 0 atom stereocenters. The summed E-state index contributed by atoms with van der Waals surface area (Å²) >= 11 is 11.3. The first kappa shape index (κ1) is 19.1. The third-order valence-corrected chi connectivity index (χ3v) is 4.08. The average Bonchev–Trinajstić information content (AvgIpc) is 2.52. The molecule has 0 aliphatic rings. The van der Waals surface area contributed by atoms with E-state index in [1.807, 2.05) is 39.0 Å². The molecule has 1 aromatic heterocycles. The molecular formula is C17H16Cl2FN3O2. The number of urea groups is 1. The third kappa shape index (κ3) is 4.46. The van der Waals surface area contributed by atoms with Crippen LogP contribution < -0.4 is 10.6 Å². The van der Waals surface area contributed by atoms with Gasteiger partial charge in [0, 0.05) is 5.69 Å². The first-order valence-electron chi connectivity index (χ1n) is 7.44. The van der Waals surface area contributed by atoms with Gasteiger partial charge in [-0.15, -0.1) is 0 Å². The van der Waals surface area contributed by atoms with Crippen LogP contribution in [0.25, 0.3) is 0 Å². The number of hydrogen-bond donors (Lipinski definition) is 2. The summed E-state index contributed by atoms with van der Waals surface area (Å²) in [4.78, 5) is 27.8. The SMILES string of the molecule is Cc1cccc(C(C)C)c1NC(=O)NC(=O)c1cc(F)c(Cl)nc1Cl. The third-order valence-electron chi connectivity index (χ3n) is 3.52. The van der Waals surface area contributed by atoms with Crippen molar-refractivity contribution in [2.45, 2.75) is 26.7 Å². The lowest BCUT2D eigenvalue weighted by Gasteiger charge is -2.16. The zero-order chi connectivity index (χ0) is 18.7. The van der Waals surface area contributed by atoms with E-state index in [1.165, 1.54) is 0 Å². The van der Waals surface area contributed by atoms with Crippen molar-refractivity contribution in [3.63, 3.8) is 0 Å². The quantitative estimate of drug-likeness (QED) is 0.738. The van der Waals surface area contributed by atoms with Gasteiger partial charge in [0.1, 0.15) is 5.15 Å². The van der Waals surface area contributed by atoms with Crippen LogP contribution in [0.5, 0.6) is 0 Å². The number of amides is 3. The largest absolute Gasteiger partial charge is 0.326 e. The number of pyridine rings is 1. The molecule has 25 heavy (non-hydrogen) atoms. The zero-order valence-corrected chi connectivity index (χ0v) is 15.3. The summed E-state index contributed by atoms with van der Waals surface area (Å²) in [7, 11) is 0. The molecule has 0 saturated carbocycles. The molecule has 0 aliphatic heterocycles. The minimum atomic E-state index is -0.905. The van der Waals surface area contributed by atoms with Crippen molar-refractivity contribution in [1.82, 2.24) is 10.3 Å². The van der Waals surface area contributed by atoms with Crippen LogP contribution in [0.1, 0.15) is 41.3 Å². The van der Waals surface area contributed by atoms with E-state index in [2.05, 4.69) is 15.6 Å². The van der Waals surface area contributed by atoms with Gasteiger partial charge in [0.2, 0.25) is 0 Å². The van der Waals surface area contributed by atoms with E-state index in [0.717, 1.165) is 17.2 Å². The van der Waals surface area contributed by atoms with Crippen molar-refractivity contribution in [3.8, 4) is 0 Å². The molecular weight excluding hydrogens is 368 g/mol. The maximum absolute atomic E-state index is 13.5. The van der Waals surface area contributed by atoms with Gasteiger partial charge in [0.05, 0.1) is 5.56 Å². The summed E-state index contributed by atoms with van der Waals surface area (Å²) in [5.41, 5.74) is 2.12. The van der Waals surface area contributed by atoms with E-state index in [4.69, 9.17) is 23.2 Å². The maximum Gasteiger partial charge on any atom is 0.326 e. The fourth-order valence-electron chi connectivity index (χ4n) is 2.26. The maximum atomic E-state index is 13.5. The number of nitrogens with zero attached hydrogens (tertiary/aromatic N) is 1. The second-order valence-electron chi connectivity index (χ2n) is 5.70. The topological polar surface area (TPSA) is 71.1 Å². The number of nitrogens with one attached hydrogen (secondary N) is 2. The number of aromatic nitrogens is 1. The molecule has 0 spiro atoms. The molecule has 0 radical (unpaired) electrons. The highest BCUT2D eigenvalue weighted by Crippen LogP contribution is 2.27. The number of anilines is 1. The summed E-state index contributed by atoms with van der Waals surface area (Å²) in [5.74, 6) is -1.61. The molecule has 5 nitrogen and oxygen atoms in total. The number of carbonyl (C=O) groups is 2. The summed E-state index contributed by atoms with van der Waals surface area (Å²) in [5, 5.41) is 4.01. The molecule has 0 bridgehead atoms. The highest BCUT2D eigenvalue weighted by molar-refractivity contribution is 6.35. The van der Waals surface area contributed by atoms with Crippen LogP contribution in [0.4, 0.5) is 14.9 Å². The van der Waals surface area contributed by atoms with E-state index >= 15 is 0 Å². The fourth-order valence-corrected chi connectivity index (χ4v) is 2.67. The Morgan fingerprint density at radius 2 is 1.88 bits per heavy atom. The molecule has 1 aromatic carbocycles. The van der Waals surface area contributed by atoms with Crippen LogP contribution >= 0.6 is 23.2 Å². The standard InChI is InChI=1S/C17H16Cl2FN3O2/c1-8(2)10-6-4-5-9(3)13(10)21-17(25)23-16(24)11-7-12(20)15(19)22-14(11)18/h4-8H,1-3H3,(H2,21,23,24,25). The zero-order valence-electron chi connectivity index (χ0n) is 13.8. The van der Waals surface area contributed by atoms with Gasteiger partial charge in [0.25, 0.3) is 5.91 Å². The summed E-state index contributed by atoms with van der Waals surface area (Å²) in [6, 6.07) is 5.70. The van der Waals surface area contributed by atoms with Crippen molar-refractivity contribution < 1.29 is 14.0 Å². The molecule has 2 rings (SSSR count). The Morgan fingerprint density at radius 1 is 1.20 bits per heavy atom. The van der Waals surface area contributed by atoms with Gasteiger partial charge in [-0.2, -0.15) is 0 Å². The highest BCUT2D eigenvalue weighted by Gasteiger charge is 2.19. The van der Waals surface area contributed by atoms with Gasteiger partial charge in [0.15, 0.2) is 11.0 Å². The Labute approximate surface area is 154 Å². The van der Waals surface area contributed by atoms with Crippen molar-refractivity contribution in [2.24, 2.45) is 0 Å². The Kier molecular flexibility index (Phi) is 5.98. The first-order valence-corrected chi connectivity index (χ1v) is 8.19. The second-order valence-corrected chi connectivity index (χ2v) is 6.42. The Bertz CT molecular complexity index is 841. The molecule has 132 valence electrons. The van der Waals surface area contributed by atoms with E-state index in [0.29, 0.717) is 5.69 Å². The van der Waals surface area contributed by atoms with Crippen LogP contribution in [0.3, 0.4) is 0 Å². The lowest BCUT2D eigenvalue weighted by molar-refractivity contribution is 0.0966. The average molecular weight is 384 g/mol. The van der Waals surface area contributed by atoms with Crippen LogP contribution in [0.15, 0.2) is 24.3 Å². The van der Waals surface area contributed by atoms with E-state index in [-0.39, 0.29) is 16.6 Å². The molecule has 0 aliphatic carbocycles. The predicted molar refractivity (Wildman–Crippen MR) is 96.0 cm³/mol. The Morgan fingerprint density at radius 3 is 2.52 bits per heavy atom. The smallest absolute Gasteiger partial charge is 0.307 e. The molecule has 3 amide bonds. The fraction of sp³-hybridized carbons (Fsp3) is 0.235. The van der Waals surface area contributed by atoms with Crippen molar-refractivity contribution >= 4 is 40.8 Å². The summed E-state index contributed by atoms with van der Waals surface area (Å²) in [6.45, 7) is 5.83. The van der Waals surface area contributed by atoms with Gasteiger partial charge in [-0.25, -0.2) is 14.2 Å². The monoisotopic (exact) mass is 383 g/mol. The number of benzene rings is 1. The molecule has 0 unspecified atom stereocenters. The van der Waals surface area contributed by atoms with E-state index < -0.39 is 22.9 Å². The van der Waals surface area contributed by atoms with E-state index in [1.54, 1.807) is 0 Å². The normalized spacial score (nSPS) is 10.7. The van der Waals surface area contributed by atoms with Crippen LogP contribution in [-0.2, 0) is 0 Å². The molecule has 1 heterocycles. The minimum Gasteiger partial charge on any atom is -0.307 e. The predicted octanol–water partition coefficient (Wildman–Crippen LogP) is 4.92. The Hall–Kier alpha value is -2.18. The molecule has 0 saturated heterocycles. The highest BCUT2D eigenvalue weighted by atomic mass is 35.5. The lowest BCUT2D eigenvalue weighted by Crippen LogP contribution is -2.35. The molecule has 2 aromatic rings. The number of hydrogen-bond acceptors (Lipinski definition) is 3. The van der Waals surface area contributed by atoms with Crippen LogP contribution in [0.2, 0.25) is 10.3 Å². The summed E-state index contributed by atoms with van der Waals surface area (Å²) < 4.78 is 13.5. The number of aryl methyl sites for hydroxylation is 1. The molecule has 2 N–H and O–H groups in total. The first-order chi connectivity index (χ1) is 11.7. The van der Waals surface area contributed by atoms with Gasteiger partial charge < -0.3 is 5.32 Å². The second kappa shape index (κ2) is 7.80. The summed E-state index contributed by atoms with van der Waals surface area (Å²) in [6.07, 6.45) is 0. The van der Waals surface area contributed by atoms with Gasteiger partial charge in [-0.1, -0.05) is 55.2 Å². The number of rotatable bonds is 3. The number of imide groups is 1. The molecule has 0 fully saturated rings. The molecule has 8 heteroatoms. The number of halogens is 3. The lowest BCUT2D eigenvalue weighted by atomic mass is 9.98. The number of carbonyl (C=O) groups excluding carboxylic acids is 2. The van der Waals surface area contributed by atoms with Gasteiger partial charge in [-0.3, -0.25) is 10.1 Å². The van der Waals surface area contributed by atoms with E-state index in [9.17, 15) is 14.0 Å². The van der Waals surface area contributed by atoms with Gasteiger partial charge in [-0.05, 0) is 30.0 Å². The number of para-hydroxylation sites is 1. The van der Waals surface area contributed by atoms with Crippen molar-refractivity contribution in [2.75, 3.05) is 5.32 Å². The van der Waals surface area contributed by atoms with Crippen LogP contribution in [0, 0.1) is 12.7 Å². The van der Waals surface area contributed by atoms with Crippen molar-refractivity contribution in [1.29, 1.82) is 0 Å². The Balaban J connectivity index is 2.19. The van der Waals surface area contributed by atoms with Crippen molar-refractivity contribution in [3.05, 3.63) is 57.1 Å². The minimum absolute atomic E-state index is 0.176. The van der Waals surface area contributed by atoms with Gasteiger partial charge >= 0.3 is 6.03 Å².